The maximum absolute atomic E-state index is 4.83. The highest BCUT2D eigenvalue weighted by Gasteiger charge is 2.27. The lowest BCUT2D eigenvalue weighted by Gasteiger charge is -2.38. The second kappa shape index (κ2) is 6.18. The number of hydrogen-bond acceptors (Lipinski definition) is 2. The van der Waals surface area contributed by atoms with Crippen LogP contribution < -0.4 is 0 Å². The molecule has 2 aromatic rings. The molecule has 0 bridgehead atoms. The first-order chi connectivity index (χ1) is 10.2. The highest BCUT2D eigenvalue weighted by atomic mass is 15.2. The SMILES string of the molecule is CCc1ccc2nc(C(C)N3CCCCC3CC)[nH]c2c1. The molecule has 21 heavy (non-hydrogen) atoms. The van der Waals surface area contributed by atoms with E-state index in [1.807, 2.05) is 0 Å². The summed E-state index contributed by atoms with van der Waals surface area (Å²) in [7, 11) is 0. The summed E-state index contributed by atoms with van der Waals surface area (Å²) in [5.74, 6) is 1.12. The van der Waals surface area contributed by atoms with Gasteiger partial charge in [0.2, 0.25) is 0 Å². The van der Waals surface area contributed by atoms with Crippen molar-refractivity contribution in [2.75, 3.05) is 6.54 Å². The number of aromatic nitrogens is 2. The van der Waals surface area contributed by atoms with Crippen LogP contribution in [0.25, 0.3) is 11.0 Å². The van der Waals surface area contributed by atoms with E-state index in [4.69, 9.17) is 4.98 Å². The predicted molar refractivity (Wildman–Crippen MR) is 88.5 cm³/mol. The van der Waals surface area contributed by atoms with Crippen LogP contribution in [0.2, 0.25) is 0 Å². The second-order valence-corrected chi connectivity index (χ2v) is 6.30. The monoisotopic (exact) mass is 285 g/mol. The Balaban J connectivity index is 1.88. The van der Waals surface area contributed by atoms with E-state index < -0.39 is 0 Å². The molecule has 1 aliphatic heterocycles. The van der Waals surface area contributed by atoms with Crippen molar-refractivity contribution in [3.63, 3.8) is 0 Å². The first kappa shape index (κ1) is 14.6. The van der Waals surface area contributed by atoms with Gasteiger partial charge in [-0.3, -0.25) is 4.90 Å². The van der Waals surface area contributed by atoms with Gasteiger partial charge in [0.05, 0.1) is 17.1 Å². The molecule has 1 N–H and O–H groups in total. The smallest absolute Gasteiger partial charge is 0.124 e. The number of benzene rings is 1. The summed E-state index contributed by atoms with van der Waals surface area (Å²) in [6.07, 6.45) is 6.35. The lowest BCUT2D eigenvalue weighted by Crippen LogP contribution is -2.41. The molecule has 0 saturated carbocycles. The number of fused-ring (bicyclic) bond motifs is 1. The van der Waals surface area contributed by atoms with Gasteiger partial charge in [-0.2, -0.15) is 0 Å². The van der Waals surface area contributed by atoms with Crippen molar-refractivity contribution in [2.24, 2.45) is 0 Å². The Labute approximate surface area is 127 Å². The van der Waals surface area contributed by atoms with Crippen molar-refractivity contribution < 1.29 is 0 Å². The number of likely N-dealkylation sites (tertiary alicyclic amines) is 1. The van der Waals surface area contributed by atoms with Gasteiger partial charge < -0.3 is 4.98 Å². The molecule has 1 aromatic carbocycles. The molecule has 1 fully saturated rings. The molecule has 2 atom stereocenters. The van der Waals surface area contributed by atoms with Crippen molar-refractivity contribution in [2.45, 2.75) is 65.0 Å². The number of hydrogen-bond donors (Lipinski definition) is 1. The van der Waals surface area contributed by atoms with Crippen LogP contribution in [0.4, 0.5) is 0 Å². The summed E-state index contributed by atoms with van der Waals surface area (Å²) >= 11 is 0. The molecule has 0 radical (unpaired) electrons. The second-order valence-electron chi connectivity index (χ2n) is 6.30. The van der Waals surface area contributed by atoms with Crippen LogP contribution in [0.5, 0.6) is 0 Å². The molecule has 1 aromatic heterocycles. The van der Waals surface area contributed by atoms with Gasteiger partial charge in [0.25, 0.3) is 0 Å². The van der Waals surface area contributed by atoms with Gasteiger partial charge in [-0.15, -0.1) is 0 Å². The standard InChI is InChI=1S/C18H27N3/c1-4-14-9-10-16-17(12-14)20-18(19-16)13(3)21-11-7-6-8-15(21)5-2/h9-10,12-13,15H,4-8,11H2,1-3H3,(H,19,20). The summed E-state index contributed by atoms with van der Waals surface area (Å²) in [4.78, 5) is 11.0. The first-order valence-electron chi connectivity index (χ1n) is 8.47. The van der Waals surface area contributed by atoms with Gasteiger partial charge >= 0.3 is 0 Å². The number of nitrogens with zero attached hydrogens (tertiary/aromatic N) is 2. The average Bonchev–Trinajstić information content (AvgIpc) is 2.96. The molecule has 3 nitrogen and oxygen atoms in total. The topological polar surface area (TPSA) is 31.9 Å². The molecular formula is C18H27N3. The van der Waals surface area contributed by atoms with Crippen LogP contribution in [0.15, 0.2) is 18.2 Å². The molecule has 2 heterocycles. The molecule has 0 spiro atoms. The third-order valence-electron chi connectivity index (χ3n) is 5.01. The van der Waals surface area contributed by atoms with Crippen LogP contribution in [0, 0.1) is 0 Å². The Kier molecular flexibility index (Phi) is 4.29. The van der Waals surface area contributed by atoms with E-state index in [0.29, 0.717) is 12.1 Å². The quantitative estimate of drug-likeness (QED) is 0.900. The van der Waals surface area contributed by atoms with E-state index in [2.05, 4.69) is 48.9 Å². The molecule has 1 aliphatic rings. The maximum atomic E-state index is 4.83. The summed E-state index contributed by atoms with van der Waals surface area (Å²) < 4.78 is 0. The Bertz CT molecular complexity index is 602. The summed E-state index contributed by atoms with van der Waals surface area (Å²) in [5, 5.41) is 0. The maximum Gasteiger partial charge on any atom is 0.124 e. The van der Waals surface area contributed by atoms with Gasteiger partial charge in [-0.05, 0) is 56.8 Å². The van der Waals surface area contributed by atoms with Crippen molar-refractivity contribution in [3.05, 3.63) is 29.6 Å². The van der Waals surface area contributed by atoms with Crippen molar-refractivity contribution in [3.8, 4) is 0 Å². The van der Waals surface area contributed by atoms with Gasteiger partial charge in [0.1, 0.15) is 5.82 Å². The Morgan fingerprint density at radius 1 is 1.33 bits per heavy atom. The number of nitrogens with one attached hydrogen (secondary N) is 1. The number of piperidine rings is 1. The van der Waals surface area contributed by atoms with Crippen molar-refractivity contribution in [1.82, 2.24) is 14.9 Å². The zero-order valence-corrected chi connectivity index (χ0v) is 13.5. The van der Waals surface area contributed by atoms with Crippen LogP contribution >= 0.6 is 0 Å². The van der Waals surface area contributed by atoms with E-state index in [0.717, 1.165) is 17.8 Å². The molecule has 2 unspecified atom stereocenters. The largest absolute Gasteiger partial charge is 0.341 e. The minimum atomic E-state index is 0.382. The molecule has 3 heteroatoms. The van der Waals surface area contributed by atoms with Gasteiger partial charge in [-0.1, -0.05) is 26.3 Å². The molecular weight excluding hydrogens is 258 g/mol. The Hall–Kier alpha value is -1.35. The average molecular weight is 285 g/mol. The van der Waals surface area contributed by atoms with Crippen LogP contribution in [0.3, 0.4) is 0 Å². The summed E-state index contributed by atoms with van der Waals surface area (Å²) in [5.41, 5.74) is 3.65. The fourth-order valence-corrected chi connectivity index (χ4v) is 3.62. The lowest BCUT2D eigenvalue weighted by atomic mass is 9.98. The molecule has 3 rings (SSSR count). The highest BCUT2D eigenvalue weighted by molar-refractivity contribution is 5.76. The zero-order valence-electron chi connectivity index (χ0n) is 13.5. The lowest BCUT2D eigenvalue weighted by molar-refractivity contribution is 0.0963. The van der Waals surface area contributed by atoms with Gasteiger partial charge in [0, 0.05) is 6.04 Å². The van der Waals surface area contributed by atoms with Crippen molar-refractivity contribution >= 4 is 11.0 Å². The predicted octanol–water partition coefficient (Wildman–Crippen LogP) is 4.45. The Morgan fingerprint density at radius 2 is 2.19 bits per heavy atom. The van der Waals surface area contributed by atoms with Crippen molar-refractivity contribution in [1.29, 1.82) is 0 Å². The van der Waals surface area contributed by atoms with Crippen LogP contribution in [0.1, 0.15) is 63.9 Å². The van der Waals surface area contributed by atoms with E-state index in [1.165, 1.54) is 43.3 Å². The third-order valence-corrected chi connectivity index (χ3v) is 5.01. The molecule has 0 aliphatic carbocycles. The number of aromatic amines is 1. The summed E-state index contributed by atoms with van der Waals surface area (Å²) in [6.45, 7) is 8.01. The minimum Gasteiger partial charge on any atom is -0.341 e. The van der Waals surface area contributed by atoms with Gasteiger partial charge in [-0.25, -0.2) is 4.98 Å². The summed E-state index contributed by atoms with van der Waals surface area (Å²) in [6, 6.07) is 7.68. The fraction of sp³-hybridized carbons (Fsp3) is 0.611. The van der Waals surface area contributed by atoms with E-state index in [9.17, 15) is 0 Å². The number of rotatable bonds is 4. The first-order valence-corrected chi connectivity index (χ1v) is 8.47. The zero-order chi connectivity index (χ0) is 14.8. The molecule has 1 saturated heterocycles. The molecule has 0 amide bonds. The molecule has 114 valence electrons. The highest BCUT2D eigenvalue weighted by Crippen LogP contribution is 2.29. The van der Waals surface area contributed by atoms with E-state index in [-0.39, 0.29) is 0 Å². The van der Waals surface area contributed by atoms with Gasteiger partial charge in [0.15, 0.2) is 0 Å². The fourth-order valence-electron chi connectivity index (χ4n) is 3.62. The van der Waals surface area contributed by atoms with E-state index >= 15 is 0 Å². The van der Waals surface area contributed by atoms with E-state index in [1.54, 1.807) is 0 Å². The van der Waals surface area contributed by atoms with Crippen LogP contribution in [-0.2, 0) is 6.42 Å². The normalized spacial score (nSPS) is 21.8. The Morgan fingerprint density at radius 3 is 2.95 bits per heavy atom. The van der Waals surface area contributed by atoms with Crippen LogP contribution in [-0.4, -0.2) is 27.5 Å². The number of H-pyrrole nitrogens is 1. The number of aryl methyl sites for hydroxylation is 1. The third kappa shape index (κ3) is 2.84. The number of imidazole rings is 1. The minimum absolute atomic E-state index is 0.382.